The second-order valence-corrected chi connectivity index (χ2v) is 2.45. The molecule has 68 valence electrons. The minimum atomic E-state index is -0.0578. The van der Waals surface area contributed by atoms with Crippen molar-refractivity contribution in [3.8, 4) is 0 Å². The number of rotatable bonds is 2. The van der Waals surface area contributed by atoms with Crippen molar-refractivity contribution in [1.82, 2.24) is 4.98 Å². The third-order valence-electron chi connectivity index (χ3n) is 1.53. The molecule has 4 heteroatoms. The smallest absolute Gasteiger partial charge is 0.182 e. The first-order chi connectivity index (χ1) is 6.27. The molecule has 0 saturated heterocycles. The lowest BCUT2D eigenvalue weighted by molar-refractivity contribution is 1.26. The van der Waals surface area contributed by atoms with Crippen LogP contribution in [0, 0.1) is 0 Å². The number of aromatic nitrogens is 1. The molecule has 0 aliphatic carbocycles. The van der Waals surface area contributed by atoms with E-state index in [9.17, 15) is 4.79 Å². The molecule has 13 heavy (non-hydrogen) atoms. The van der Waals surface area contributed by atoms with Gasteiger partial charge in [0.05, 0.1) is 5.69 Å². The maximum Gasteiger partial charge on any atom is 0.182 e. The van der Waals surface area contributed by atoms with Gasteiger partial charge in [0, 0.05) is 43.4 Å². The topological polar surface area (TPSA) is 71.2 Å². The zero-order valence-corrected chi connectivity index (χ0v) is 7.32. The van der Waals surface area contributed by atoms with Gasteiger partial charge in [-0.2, -0.15) is 0 Å². The molecule has 1 heterocycles. The molecule has 0 saturated carbocycles. The summed E-state index contributed by atoms with van der Waals surface area (Å²) in [6, 6.07) is 2.92. The van der Waals surface area contributed by atoms with Crippen LogP contribution in [0.3, 0.4) is 0 Å². The van der Waals surface area contributed by atoms with Gasteiger partial charge < -0.3 is 10.7 Å². The maximum atomic E-state index is 11.0. The summed E-state index contributed by atoms with van der Waals surface area (Å²) in [5, 5.41) is 0. The quantitative estimate of drug-likeness (QED) is 0.641. The Morgan fingerprint density at radius 2 is 2.46 bits per heavy atom. The van der Waals surface area contributed by atoms with Crippen LogP contribution >= 0.6 is 0 Å². The van der Waals surface area contributed by atoms with Crippen molar-refractivity contribution in [3.63, 3.8) is 0 Å². The van der Waals surface area contributed by atoms with E-state index in [0.29, 0.717) is 11.3 Å². The molecule has 3 N–H and O–H groups in total. The molecule has 1 rings (SSSR count). The predicted octanol–water partition coefficient (Wildman–Crippen LogP) is 0.375. The van der Waals surface area contributed by atoms with Gasteiger partial charge in [0.25, 0.3) is 0 Å². The molecular weight excluding hydrogens is 166 g/mol. The fourth-order valence-corrected chi connectivity index (χ4v) is 0.954. The van der Waals surface area contributed by atoms with Crippen molar-refractivity contribution in [3.05, 3.63) is 40.4 Å². The Morgan fingerprint density at radius 3 is 3.00 bits per heavy atom. The van der Waals surface area contributed by atoms with E-state index in [1.807, 2.05) is 0 Å². The van der Waals surface area contributed by atoms with E-state index < -0.39 is 0 Å². The molecular formula is C9H11N3O. The summed E-state index contributed by atoms with van der Waals surface area (Å²) in [6.07, 6.45) is 4.56. The Labute approximate surface area is 75.8 Å². The number of nitrogens with zero attached hydrogens (tertiary/aromatic N) is 1. The Kier molecular flexibility index (Phi) is 3.03. The van der Waals surface area contributed by atoms with Gasteiger partial charge in [-0.25, -0.2) is 0 Å². The predicted molar refractivity (Wildman–Crippen MR) is 53.6 cm³/mol. The Morgan fingerprint density at radius 1 is 1.69 bits per heavy atom. The molecule has 0 aromatic carbocycles. The average Bonchev–Trinajstić information content (AvgIpc) is 2.14. The van der Waals surface area contributed by atoms with Crippen LogP contribution in [0.2, 0.25) is 0 Å². The molecule has 0 aliphatic heterocycles. The summed E-state index contributed by atoms with van der Waals surface area (Å²) in [4.78, 5) is 17.7. The zero-order valence-electron chi connectivity index (χ0n) is 7.32. The normalized spacial score (nSPS) is 12.2. The van der Waals surface area contributed by atoms with Gasteiger partial charge in [0.15, 0.2) is 5.43 Å². The molecule has 0 atom stereocenters. The number of H-pyrrole nitrogens is 1. The van der Waals surface area contributed by atoms with Crippen molar-refractivity contribution in [2.45, 2.75) is 0 Å². The fourth-order valence-electron chi connectivity index (χ4n) is 0.954. The number of nitrogens with two attached hydrogens (primary N) is 1. The van der Waals surface area contributed by atoms with Crippen molar-refractivity contribution in [2.24, 2.45) is 10.7 Å². The largest absolute Gasteiger partial charge is 0.404 e. The second kappa shape index (κ2) is 4.25. The van der Waals surface area contributed by atoms with Crippen LogP contribution in [0.5, 0.6) is 0 Å². The Balaban J connectivity index is 3.13. The number of aliphatic imine (C=N–C) groups is 1. The number of hydrogen-bond donors (Lipinski definition) is 2. The lowest BCUT2D eigenvalue weighted by Crippen LogP contribution is -2.02. The van der Waals surface area contributed by atoms with Crippen LogP contribution in [0.25, 0.3) is 5.57 Å². The van der Waals surface area contributed by atoms with Gasteiger partial charge in [-0.05, 0) is 0 Å². The van der Waals surface area contributed by atoms with E-state index >= 15 is 0 Å². The molecule has 1 aromatic rings. The molecule has 0 unspecified atom stereocenters. The highest BCUT2D eigenvalue weighted by Crippen LogP contribution is 2.03. The van der Waals surface area contributed by atoms with Crippen LogP contribution in [0.4, 0.5) is 0 Å². The summed E-state index contributed by atoms with van der Waals surface area (Å²) in [7, 11) is 1.64. The number of hydrogen-bond acceptors (Lipinski definition) is 3. The average molecular weight is 177 g/mol. The molecule has 0 bridgehead atoms. The van der Waals surface area contributed by atoms with Gasteiger partial charge in [-0.3, -0.25) is 9.79 Å². The van der Waals surface area contributed by atoms with Crippen molar-refractivity contribution in [1.29, 1.82) is 0 Å². The van der Waals surface area contributed by atoms with Crippen LogP contribution in [-0.4, -0.2) is 18.2 Å². The maximum absolute atomic E-state index is 11.0. The lowest BCUT2D eigenvalue weighted by atomic mass is 10.2. The van der Waals surface area contributed by atoms with Crippen molar-refractivity contribution >= 4 is 11.8 Å². The first-order valence-electron chi connectivity index (χ1n) is 3.81. The summed E-state index contributed by atoms with van der Waals surface area (Å²) in [5.74, 6) is 0. The number of aromatic amines is 1. The van der Waals surface area contributed by atoms with Gasteiger partial charge in [0.2, 0.25) is 0 Å². The summed E-state index contributed by atoms with van der Waals surface area (Å²) in [5.41, 5.74) is 6.67. The van der Waals surface area contributed by atoms with Crippen LogP contribution < -0.4 is 11.2 Å². The minimum Gasteiger partial charge on any atom is -0.404 e. The number of nitrogens with one attached hydrogen (secondary N) is 1. The van der Waals surface area contributed by atoms with Gasteiger partial charge in [-0.15, -0.1) is 0 Å². The van der Waals surface area contributed by atoms with E-state index in [-0.39, 0.29) is 5.43 Å². The second-order valence-electron chi connectivity index (χ2n) is 2.45. The minimum absolute atomic E-state index is 0.0578. The third kappa shape index (κ3) is 2.30. The van der Waals surface area contributed by atoms with E-state index in [2.05, 4.69) is 9.98 Å². The molecule has 0 fully saturated rings. The lowest BCUT2D eigenvalue weighted by Gasteiger charge is -1.98. The van der Waals surface area contributed by atoms with Crippen LogP contribution in [0.1, 0.15) is 5.69 Å². The first-order valence-corrected chi connectivity index (χ1v) is 3.81. The molecule has 0 radical (unpaired) electrons. The van der Waals surface area contributed by atoms with Gasteiger partial charge in [0.1, 0.15) is 0 Å². The van der Waals surface area contributed by atoms with Gasteiger partial charge >= 0.3 is 0 Å². The highest BCUT2D eigenvalue weighted by molar-refractivity contribution is 6.08. The highest BCUT2D eigenvalue weighted by Gasteiger charge is 1.97. The van der Waals surface area contributed by atoms with E-state index in [1.165, 1.54) is 18.3 Å². The zero-order chi connectivity index (χ0) is 9.68. The van der Waals surface area contributed by atoms with E-state index in [1.54, 1.807) is 19.5 Å². The van der Waals surface area contributed by atoms with Crippen molar-refractivity contribution in [2.75, 3.05) is 7.05 Å². The van der Waals surface area contributed by atoms with Gasteiger partial charge in [-0.1, -0.05) is 0 Å². The molecule has 0 aliphatic rings. The Bertz CT molecular complexity index is 390. The number of allylic oxidation sites excluding steroid dienone is 1. The fraction of sp³-hybridized carbons (Fsp3) is 0.111. The summed E-state index contributed by atoms with van der Waals surface area (Å²) >= 11 is 0. The van der Waals surface area contributed by atoms with Crippen LogP contribution in [0.15, 0.2) is 34.3 Å². The van der Waals surface area contributed by atoms with Crippen molar-refractivity contribution < 1.29 is 0 Å². The standard InChI is InChI=1S/C9H11N3O/c1-11-6-7(5-10)9-4-8(13)2-3-12-9/h2-6H,10H2,1H3,(H,12,13). The number of pyridine rings is 1. The molecule has 0 amide bonds. The molecule has 1 aromatic heterocycles. The Hall–Kier alpha value is -1.84. The van der Waals surface area contributed by atoms with E-state index in [0.717, 1.165) is 0 Å². The highest BCUT2D eigenvalue weighted by atomic mass is 16.1. The molecule has 0 spiro atoms. The summed E-state index contributed by atoms with van der Waals surface area (Å²) in [6.45, 7) is 0. The van der Waals surface area contributed by atoms with E-state index in [4.69, 9.17) is 5.73 Å². The molecule has 4 nitrogen and oxygen atoms in total. The first kappa shape index (κ1) is 9.25. The monoisotopic (exact) mass is 177 g/mol. The van der Waals surface area contributed by atoms with Crippen LogP contribution in [-0.2, 0) is 0 Å². The third-order valence-corrected chi connectivity index (χ3v) is 1.53. The summed E-state index contributed by atoms with van der Waals surface area (Å²) < 4.78 is 0. The SMILES string of the molecule is CN=CC(=CN)c1cc(=O)cc[nH]1.